The first-order chi connectivity index (χ1) is 10.5. The highest BCUT2D eigenvalue weighted by Gasteiger charge is 2.11. The van der Waals surface area contributed by atoms with Crippen LogP contribution in [0.3, 0.4) is 0 Å². The van der Waals surface area contributed by atoms with Crippen molar-refractivity contribution in [2.75, 3.05) is 13.7 Å². The van der Waals surface area contributed by atoms with E-state index in [2.05, 4.69) is 10.5 Å². The largest absolute Gasteiger partial charge is 0.481 e. The Labute approximate surface area is 134 Å². The van der Waals surface area contributed by atoms with Crippen molar-refractivity contribution in [2.45, 2.75) is 39.2 Å². The van der Waals surface area contributed by atoms with Gasteiger partial charge in [0.15, 0.2) is 0 Å². The van der Waals surface area contributed by atoms with E-state index < -0.39 is 29.9 Å². The summed E-state index contributed by atoms with van der Waals surface area (Å²) in [4.78, 5) is 39.4. The summed E-state index contributed by atoms with van der Waals surface area (Å²) in [6.45, 7) is 3.62. The number of esters is 1. The zero-order chi connectivity index (χ0) is 19.0. The quantitative estimate of drug-likeness (QED) is 0.378. The van der Waals surface area contributed by atoms with Gasteiger partial charge in [0.1, 0.15) is 6.04 Å². The number of carboxylic acids is 3. The predicted octanol–water partition coefficient (Wildman–Crippen LogP) is -0.502. The fourth-order valence-corrected chi connectivity index (χ4v) is 0.920. The van der Waals surface area contributed by atoms with Crippen LogP contribution >= 0.6 is 0 Å². The van der Waals surface area contributed by atoms with Gasteiger partial charge in [-0.1, -0.05) is 13.8 Å². The third-order valence-corrected chi connectivity index (χ3v) is 1.99. The average Bonchev–Trinajstić information content (AvgIpc) is 2.45. The fraction of sp³-hybridized carbons (Fsp3) is 0.692. The van der Waals surface area contributed by atoms with Crippen LogP contribution in [0.2, 0.25) is 0 Å². The van der Waals surface area contributed by atoms with E-state index in [1.54, 1.807) is 0 Å². The van der Waals surface area contributed by atoms with Gasteiger partial charge in [-0.2, -0.15) is 0 Å². The SMILES string of the molecule is CC(C)CC(N)C(=O)O.COC(=O)CCC(=O)O.NCC(=O)O. The number of ether oxygens (including phenoxy) is 1. The molecule has 0 aromatic heterocycles. The molecule has 0 aliphatic carbocycles. The molecular formula is C13H26N2O8. The molecule has 0 aliphatic rings. The molecule has 136 valence electrons. The Kier molecular flexibility index (Phi) is 18.1. The molecule has 10 heteroatoms. The zero-order valence-electron chi connectivity index (χ0n) is 13.5. The lowest BCUT2D eigenvalue weighted by molar-refractivity contribution is -0.145. The van der Waals surface area contributed by atoms with Crippen molar-refractivity contribution >= 4 is 23.9 Å². The highest BCUT2D eigenvalue weighted by atomic mass is 16.5. The van der Waals surface area contributed by atoms with Gasteiger partial charge in [-0.25, -0.2) is 0 Å². The number of hydrogen-bond donors (Lipinski definition) is 5. The van der Waals surface area contributed by atoms with Gasteiger partial charge >= 0.3 is 23.9 Å². The molecule has 1 atom stereocenters. The molecule has 0 bridgehead atoms. The van der Waals surface area contributed by atoms with Gasteiger partial charge in [-0.3, -0.25) is 19.2 Å². The molecule has 0 saturated carbocycles. The molecule has 7 N–H and O–H groups in total. The Hall–Kier alpha value is -2.20. The van der Waals surface area contributed by atoms with Gasteiger partial charge in [0.25, 0.3) is 0 Å². The Balaban J connectivity index is -0.000000273. The maximum Gasteiger partial charge on any atom is 0.320 e. The topological polar surface area (TPSA) is 190 Å². The molecule has 0 spiro atoms. The van der Waals surface area contributed by atoms with Gasteiger partial charge in [0.05, 0.1) is 26.5 Å². The third kappa shape index (κ3) is 28.6. The fourth-order valence-electron chi connectivity index (χ4n) is 0.920. The standard InChI is InChI=1S/C6H13NO2.C5H8O4.C2H5NO2/c1-4(2)3-5(7)6(8)9;1-9-5(8)3-2-4(6)7;3-1-2(4)5/h4-5H,3,7H2,1-2H3,(H,8,9);2-3H2,1H3,(H,6,7);1,3H2,(H,4,5). The van der Waals surface area contributed by atoms with Crippen LogP contribution in [0.1, 0.15) is 33.1 Å². The summed E-state index contributed by atoms with van der Waals surface area (Å²) in [5.74, 6) is -3.00. The predicted molar refractivity (Wildman–Crippen MR) is 80.6 cm³/mol. The smallest absolute Gasteiger partial charge is 0.320 e. The lowest BCUT2D eigenvalue weighted by Crippen LogP contribution is -2.31. The number of rotatable bonds is 7. The molecule has 23 heavy (non-hydrogen) atoms. The van der Waals surface area contributed by atoms with Gasteiger partial charge in [0, 0.05) is 0 Å². The summed E-state index contributed by atoms with van der Waals surface area (Å²) in [5.41, 5.74) is 9.79. The number of nitrogens with two attached hydrogens (primary N) is 2. The maximum atomic E-state index is 10.2. The van der Waals surface area contributed by atoms with E-state index >= 15 is 0 Å². The van der Waals surface area contributed by atoms with Gasteiger partial charge in [-0.05, 0) is 12.3 Å². The summed E-state index contributed by atoms with van der Waals surface area (Å²) in [6, 6.07) is -0.690. The molecule has 0 heterocycles. The minimum Gasteiger partial charge on any atom is -0.481 e. The minimum absolute atomic E-state index is 0.0498. The van der Waals surface area contributed by atoms with Gasteiger partial charge in [-0.15, -0.1) is 0 Å². The Morgan fingerprint density at radius 2 is 1.43 bits per heavy atom. The number of carbonyl (C=O) groups is 4. The first-order valence-electron chi connectivity index (χ1n) is 6.66. The first kappa shape index (κ1) is 25.7. The maximum absolute atomic E-state index is 10.2. The van der Waals surface area contributed by atoms with E-state index in [0.29, 0.717) is 12.3 Å². The number of aliphatic carboxylic acids is 3. The normalized spacial score (nSPS) is 10.3. The van der Waals surface area contributed by atoms with Gasteiger partial charge < -0.3 is 31.5 Å². The van der Waals surface area contributed by atoms with Crippen molar-refractivity contribution in [3.63, 3.8) is 0 Å². The van der Waals surface area contributed by atoms with Crippen LogP contribution in [0.25, 0.3) is 0 Å². The van der Waals surface area contributed by atoms with Crippen molar-refractivity contribution in [1.82, 2.24) is 0 Å². The van der Waals surface area contributed by atoms with Crippen molar-refractivity contribution < 1.29 is 39.2 Å². The van der Waals surface area contributed by atoms with E-state index in [0.717, 1.165) is 0 Å². The minimum atomic E-state index is -0.986. The average molecular weight is 338 g/mol. The van der Waals surface area contributed by atoms with Crippen LogP contribution < -0.4 is 11.5 Å². The number of hydrogen-bond acceptors (Lipinski definition) is 7. The Morgan fingerprint density at radius 3 is 1.61 bits per heavy atom. The monoisotopic (exact) mass is 338 g/mol. The second-order valence-electron chi connectivity index (χ2n) is 4.64. The van der Waals surface area contributed by atoms with Crippen LogP contribution in [0.4, 0.5) is 0 Å². The molecule has 0 saturated heterocycles. The van der Waals surface area contributed by atoms with Crippen molar-refractivity contribution in [3.05, 3.63) is 0 Å². The highest BCUT2D eigenvalue weighted by Crippen LogP contribution is 2.01. The van der Waals surface area contributed by atoms with E-state index in [-0.39, 0.29) is 19.4 Å². The summed E-state index contributed by atoms with van der Waals surface area (Å²) < 4.78 is 4.20. The second-order valence-corrected chi connectivity index (χ2v) is 4.64. The van der Waals surface area contributed by atoms with Crippen LogP contribution in [0.15, 0.2) is 0 Å². The third-order valence-electron chi connectivity index (χ3n) is 1.99. The van der Waals surface area contributed by atoms with Crippen LogP contribution in [0.5, 0.6) is 0 Å². The van der Waals surface area contributed by atoms with E-state index in [1.165, 1.54) is 7.11 Å². The van der Waals surface area contributed by atoms with Crippen LogP contribution in [0, 0.1) is 5.92 Å². The van der Waals surface area contributed by atoms with Crippen LogP contribution in [-0.4, -0.2) is 58.9 Å². The first-order valence-corrected chi connectivity index (χ1v) is 6.66. The molecular weight excluding hydrogens is 312 g/mol. The molecule has 0 aromatic rings. The number of methoxy groups -OCH3 is 1. The zero-order valence-corrected chi connectivity index (χ0v) is 13.5. The molecule has 0 aromatic carbocycles. The van der Waals surface area contributed by atoms with Crippen molar-refractivity contribution in [2.24, 2.45) is 17.4 Å². The summed E-state index contributed by atoms with van der Waals surface area (Å²) >= 11 is 0. The lowest BCUT2D eigenvalue weighted by Gasteiger charge is -2.07. The molecule has 0 rings (SSSR count). The van der Waals surface area contributed by atoms with Crippen molar-refractivity contribution in [1.29, 1.82) is 0 Å². The molecule has 0 amide bonds. The second kappa shape index (κ2) is 16.2. The lowest BCUT2D eigenvalue weighted by atomic mass is 10.1. The molecule has 0 aliphatic heterocycles. The Bertz CT molecular complexity index is 371. The van der Waals surface area contributed by atoms with Crippen LogP contribution in [-0.2, 0) is 23.9 Å². The van der Waals surface area contributed by atoms with E-state index in [1.807, 2.05) is 13.8 Å². The Morgan fingerprint density at radius 1 is 1.00 bits per heavy atom. The summed E-state index contributed by atoms with van der Waals surface area (Å²) in [5, 5.41) is 24.0. The van der Waals surface area contributed by atoms with E-state index in [4.69, 9.17) is 21.1 Å². The molecule has 0 fully saturated rings. The van der Waals surface area contributed by atoms with E-state index in [9.17, 15) is 19.2 Å². The molecule has 0 radical (unpaired) electrons. The summed E-state index contributed by atoms with van der Waals surface area (Å²) in [6.07, 6.45) is 0.341. The molecule has 10 nitrogen and oxygen atoms in total. The van der Waals surface area contributed by atoms with Crippen molar-refractivity contribution in [3.8, 4) is 0 Å². The summed E-state index contributed by atoms with van der Waals surface area (Å²) in [7, 11) is 1.23. The number of carbonyl (C=O) groups excluding carboxylic acids is 1. The van der Waals surface area contributed by atoms with Gasteiger partial charge in [0.2, 0.25) is 0 Å². The number of carboxylic acid groups (broad SMARTS) is 3. The highest BCUT2D eigenvalue weighted by molar-refractivity contribution is 5.76. The molecule has 1 unspecified atom stereocenters.